The Hall–Kier alpha value is -2.74. The standard InChI is InChI=1S/C21H22F3NO4/c22-21(23,24)16-5-1-3-7-18(16)28-13-20(27)25-14-9-11-15(12-10-14)29-19-8-4-2-6-17(19)26/h1,3,5,7,9-12,17,19,26H,2,4,6,8,13H2,(H,25,27). The molecule has 2 atom stereocenters. The maximum Gasteiger partial charge on any atom is 0.419 e. The average Bonchev–Trinajstić information content (AvgIpc) is 2.69. The minimum Gasteiger partial charge on any atom is -0.488 e. The van der Waals surface area contributed by atoms with Crippen LogP contribution < -0.4 is 14.8 Å². The van der Waals surface area contributed by atoms with Crippen molar-refractivity contribution in [3.63, 3.8) is 0 Å². The number of hydrogen-bond acceptors (Lipinski definition) is 4. The molecule has 0 radical (unpaired) electrons. The lowest BCUT2D eigenvalue weighted by Gasteiger charge is -2.28. The molecule has 0 aromatic heterocycles. The Bertz CT molecular complexity index is 823. The fourth-order valence-corrected chi connectivity index (χ4v) is 3.17. The molecule has 5 nitrogen and oxygen atoms in total. The maximum atomic E-state index is 12.9. The molecule has 0 aliphatic heterocycles. The van der Waals surface area contributed by atoms with Gasteiger partial charge in [0, 0.05) is 5.69 Å². The van der Waals surface area contributed by atoms with Crippen molar-refractivity contribution in [3.05, 3.63) is 54.1 Å². The maximum absolute atomic E-state index is 12.9. The number of rotatable bonds is 6. The van der Waals surface area contributed by atoms with Crippen LogP contribution in [0.25, 0.3) is 0 Å². The first-order chi connectivity index (χ1) is 13.8. The molecule has 1 amide bonds. The summed E-state index contributed by atoms with van der Waals surface area (Å²) in [6, 6.07) is 11.3. The molecule has 2 aromatic rings. The Balaban J connectivity index is 1.52. The monoisotopic (exact) mass is 409 g/mol. The smallest absolute Gasteiger partial charge is 0.419 e. The number of anilines is 1. The van der Waals surface area contributed by atoms with Gasteiger partial charge in [0.1, 0.15) is 17.6 Å². The Morgan fingerprint density at radius 2 is 1.76 bits per heavy atom. The second-order valence-electron chi connectivity index (χ2n) is 6.86. The fraction of sp³-hybridized carbons (Fsp3) is 0.381. The van der Waals surface area contributed by atoms with Gasteiger partial charge < -0.3 is 19.9 Å². The molecule has 0 bridgehead atoms. The van der Waals surface area contributed by atoms with Crippen molar-refractivity contribution in [3.8, 4) is 11.5 Å². The average molecular weight is 409 g/mol. The predicted octanol–water partition coefficient (Wildman–Crippen LogP) is 4.41. The zero-order valence-electron chi connectivity index (χ0n) is 15.6. The summed E-state index contributed by atoms with van der Waals surface area (Å²) >= 11 is 0. The van der Waals surface area contributed by atoms with Crippen LogP contribution in [0, 0.1) is 0 Å². The first kappa shape index (κ1) is 21.0. The third-order valence-corrected chi connectivity index (χ3v) is 4.64. The molecule has 1 fully saturated rings. The van der Waals surface area contributed by atoms with Gasteiger partial charge in [-0.3, -0.25) is 4.79 Å². The molecule has 2 unspecified atom stereocenters. The minimum absolute atomic E-state index is 0.244. The largest absolute Gasteiger partial charge is 0.488 e. The Morgan fingerprint density at radius 3 is 2.45 bits per heavy atom. The van der Waals surface area contributed by atoms with Gasteiger partial charge in [0.15, 0.2) is 6.61 Å². The van der Waals surface area contributed by atoms with E-state index in [1.807, 2.05) is 0 Å². The topological polar surface area (TPSA) is 67.8 Å². The van der Waals surface area contributed by atoms with Crippen LogP contribution in [0.2, 0.25) is 0 Å². The van der Waals surface area contributed by atoms with Crippen molar-refractivity contribution in [2.45, 2.75) is 44.1 Å². The molecule has 29 heavy (non-hydrogen) atoms. The van der Waals surface area contributed by atoms with Crippen LogP contribution in [-0.2, 0) is 11.0 Å². The lowest BCUT2D eigenvalue weighted by Crippen LogP contribution is -2.34. The van der Waals surface area contributed by atoms with Crippen LogP contribution in [0.1, 0.15) is 31.2 Å². The molecule has 0 heterocycles. The van der Waals surface area contributed by atoms with Gasteiger partial charge in [-0.25, -0.2) is 0 Å². The SMILES string of the molecule is O=C(COc1ccccc1C(F)(F)F)Nc1ccc(OC2CCCCC2O)cc1. The number of carbonyl (C=O) groups is 1. The molecule has 2 N–H and O–H groups in total. The van der Waals surface area contributed by atoms with Crippen molar-refractivity contribution in [1.82, 2.24) is 0 Å². The third kappa shape index (κ3) is 5.87. The van der Waals surface area contributed by atoms with Gasteiger partial charge in [0.2, 0.25) is 0 Å². The van der Waals surface area contributed by atoms with E-state index in [1.165, 1.54) is 18.2 Å². The molecule has 156 valence electrons. The number of amides is 1. The summed E-state index contributed by atoms with van der Waals surface area (Å²) in [5, 5.41) is 12.5. The van der Waals surface area contributed by atoms with Crippen molar-refractivity contribution < 1.29 is 32.5 Å². The summed E-state index contributed by atoms with van der Waals surface area (Å²) in [7, 11) is 0. The number of nitrogens with one attached hydrogen (secondary N) is 1. The second-order valence-corrected chi connectivity index (χ2v) is 6.86. The molecule has 3 rings (SSSR count). The van der Waals surface area contributed by atoms with E-state index in [2.05, 4.69) is 5.32 Å². The number of aliphatic hydroxyl groups is 1. The van der Waals surface area contributed by atoms with Crippen molar-refractivity contribution >= 4 is 11.6 Å². The molecule has 1 saturated carbocycles. The van der Waals surface area contributed by atoms with Crippen LogP contribution >= 0.6 is 0 Å². The first-order valence-electron chi connectivity index (χ1n) is 9.36. The molecule has 8 heteroatoms. The number of para-hydroxylation sites is 1. The van der Waals surface area contributed by atoms with Gasteiger partial charge in [-0.05, 0) is 55.7 Å². The number of alkyl halides is 3. The predicted molar refractivity (Wildman–Crippen MR) is 101 cm³/mol. The fourth-order valence-electron chi connectivity index (χ4n) is 3.17. The summed E-state index contributed by atoms with van der Waals surface area (Å²) in [6.45, 7) is -0.556. The van der Waals surface area contributed by atoms with Gasteiger partial charge in [0.05, 0.1) is 11.7 Å². The number of aliphatic hydroxyl groups excluding tert-OH is 1. The van der Waals surface area contributed by atoms with E-state index >= 15 is 0 Å². The van der Waals surface area contributed by atoms with E-state index in [-0.39, 0.29) is 6.10 Å². The Morgan fingerprint density at radius 1 is 1.07 bits per heavy atom. The van der Waals surface area contributed by atoms with Crippen molar-refractivity contribution in [1.29, 1.82) is 0 Å². The quantitative estimate of drug-likeness (QED) is 0.742. The van der Waals surface area contributed by atoms with Gasteiger partial charge in [-0.15, -0.1) is 0 Å². The molecule has 0 spiro atoms. The summed E-state index contributed by atoms with van der Waals surface area (Å²) in [5.74, 6) is -0.410. The molecule has 1 aliphatic carbocycles. The van der Waals surface area contributed by atoms with Gasteiger partial charge in [-0.2, -0.15) is 13.2 Å². The van der Waals surface area contributed by atoms with Gasteiger partial charge >= 0.3 is 6.18 Å². The van der Waals surface area contributed by atoms with Gasteiger partial charge in [-0.1, -0.05) is 18.6 Å². The van der Waals surface area contributed by atoms with E-state index in [1.54, 1.807) is 24.3 Å². The number of halogens is 3. The number of ether oxygens (including phenoxy) is 2. The number of benzene rings is 2. The van der Waals surface area contributed by atoms with E-state index in [0.717, 1.165) is 31.7 Å². The minimum atomic E-state index is -4.56. The molecular weight excluding hydrogens is 387 g/mol. The van der Waals surface area contributed by atoms with Gasteiger partial charge in [0.25, 0.3) is 5.91 Å². The van der Waals surface area contributed by atoms with Crippen molar-refractivity contribution in [2.75, 3.05) is 11.9 Å². The van der Waals surface area contributed by atoms with E-state index in [9.17, 15) is 23.1 Å². The molecule has 0 saturated heterocycles. The highest BCUT2D eigenvalue weighted by molar-refractivity contribution is 5.91. The number of carbonyl (C=O) groups excluding carboxylic acids is 1. The van der Waals surface area contributed by atoms with E-state index in [0.29, 0.717) is 11.4 Å². The normalized spacial score (nSPS) is 19.4. The zero-order valence-corrected chi connectivity index (χ0v) is 15.6. The zero-order chi connectivity index (χ0) is 20.9. The van der Waals surface area contributed by atoms with Crippen LogP contribution in [0.15, 0.2) is 48.5 Å². The van der Waals surface area contributed by atoms with Crippen molar-refractivity contribution in [2.24, 2.45) is 0 Å². The second kappa shape index (κ2) is 9.17. The van der Waals surface area contributed by atoms with Crippen LogP contribution in [0.3, 0.4) is 0 Å². The highest BCUT2D eigenvalue weighted by Gasteiger charge is 2.34. The van der Waals surface area contributed by atoms with Crippen LogP contribution in [0.5, 0.6) is 11.5 Å². The first-order valence-corrected chi connectivity index (χ1v) is 9.36. The van der Waals surface area contributed by atoms with Crippen LogP contribution in [0.4, 0.5) is 18.9 Å². The summed E-state index contributed by atoms with van der Waals surface area (Å²) in [5.41, 5.74) is -0.474. The summed E-state index contributed by atoms with van der Waals surface area (Å²) < 4.78 is 49.7. The molecule has 2 aromatic carbocycles. The summed E-state index contributed by atoms with van der Waals surface area (Å²) in [4.78, 5) is 12.0. The lowest BCUT2D eigenvalue weighted by atomic mass is 9.95. The van der Waals surface area contributed by atoms with E-state index < -0.39 is 36.1 Å². The lowest BCUT2D eigenvalue weighted by molar-refractivity contribution is -0.139. The number of hydrogen-bond donors (Lipinski definition) is 2. The Labute approximate surface area is 166 Å². The highest BCUT2D eigenvalue weighted by atomic mass is 19.4. The molecule has 1 aliphatic rings. The highest BCUT2D eigenvalue weighted by Crippen LogP contribution is 2.35. The Kier molecular flexibility index (Phi) is 6.64. The van der Waals surface area contributed by atoms with Crippen LogP contribution in [-0.4, -0.2) is 29.8 Å². The molecular formula is C21H22F3NO4. The summed E-state index contributed by atoms with van der Waals surface area (Å²) in [6.07, 6.45) is -1.79. The third-order valence-electron chi connectivity index (χ3n) is 4.64. The van der Waals surface area contributed by atoms with E-state index in [4.69, 9.17) is 9.47 Å².